The summed E-state index contributed by atoms with van der Waals surface area (Å²) in [6.07, 6.45) is 23.3. The number of esters is 2. The van der Waals surface area contributed by atoms with Crippen LogP contribution in [0.3, 0.4) is 0 Å². The summed E-state index contributed by atoms with van der Waals surface area (Å²) in [5.41, 5.74) is 5.28. The Kier molecular flexibility index (Phi) is 30.0. The Morgan fingerprint density at radius 2 is 1.14 bits per heavy atom. The van der Waals surface area contributed by atoms with Gasteiger partial charge in [-0.25, -0.2) is 9.36 Å². The minimum Gasteiger partial charge on any atom is -0.480 e. The zero-order chi connectivity index (χ0) is 38.2. The van der Waals surface area contributed by atoms with Gasteiger partial charge in [0.1, 0.15) is 12.6 Å². The third-order valence-electron chi connectivity index (χ3n) is 7.74. The Labute approximate surface area is 303 Å². The van der Waals surface area contributed by atoms with Gasteiger partial charge in [0.05, 0.1) is 13.2 Å². The van der Waals surface area contributed by atoms with Crippen molar-refractivity contribution in [3.05, 3.63) is 24.3 Å². The molecular weight excluding hydrogens is 685 g/mol. The van der Waals surface area contributed by atoms with E-state index in [-0.39, 0.29) is 25.0 Å². The molecule has 51 heavy (non-hydrogen) atoms. The fourth-order valence-corrected chi connectivity index (χ4v) is 5.54. The van der Waals surface area contributed by atoms with Crippen LogP contribution >= 0.6 is 7.82 Å². The SMILES string of the molecule is CCCCCCCC/C=C\CCCCCCCC(=O)OC[C@H](COP(=O)(O)OC[C@H](N)C(=O)O)OC(=O)CCCCCCCC(=O)/C=C/C(=O)O. The number of phosphoric acid groups is 1. The maximum Gasteiger partial charge on any atom is 0.472 e. The van der Waals surface area contributed by atoms with Gasteiger partial charge in [-0.2, -0.15) is 0 Å². The first-order valence-corrected chi connectivity index (χ1v) is 19.9. The second kappa shape index (κ2) is 31.8. The van der Waals surface area contributed by atoms with Crippen LogP contribution in [-0.4, -0.2) is 76.7 Å². The van der Waals surface area contributed by atoms with Crippen molar-refractivity contribution in [1.29, 1.82) is 0 Å². The fourth-order valence-electron chi connectivity index (χ4n) is 4.77. The summed E-state index contributed by atoms with van der Waals surface area (Å²) >= 11 is 0. The number of carboxylic acids is 2. The van der Waals surface area contributed by atoms with Gasteiger partial charge < -0.3 is 30.3 Å². The van der Waals surface area contributed by atoms with Gasteiger partial charge in [-0.3, -0.25) is 28.2 Å². The number of rotatable bonds is 35. The largest absolute Gasteiger partial charge is 0.480 e. The molecule has 0 heterocycles. The molecule has 0 amide bonds. The van der Waals surface area contributed by atoms with Crippen LogP contribution in [0.2, 0.25) is 0 Å². The molecule has 0 rings (SSSR count). The van der Waals surface area contributed by atoms with Gasteiger partial charge in [-0.05, 0) is 51.0 Å². The highest BCUT2D eigenvalue weighted by atomic mass is 31.2. The van der Waals surface area contributed by atoms with E-state index in [1.54, 1.807) is 0 Å². The second-order valence-corrected chi connectivity index (χ2v) is 14.0. The summed E-state index contributed by atoms with van der Waals surface area (Å²) in [5.74, 6) is -4.06. The summed E-state index contributed by atoms with van der Waals surface area (Å²) in [5, 5.41) is 17.4. The van der Waals surface area contributed by atoms with E-state index in [1.165, 1.54) is 38.5 Å². The number of carbonyl (C=O) groups is 5. The number of unbranched alkanes of at least 4 members (excludes halogenated alkanes) is 15. The fraction of sp³-hybridized carbons (Fsp3) is 0.750. The molecular formula is C36H62NO13P. The summed E-state index contributed by atoms with van der Waals surface area (Å²) in [4.78, 5) is 67.6. The number of carbonyl (C=O) groups excluding carboxylic acids is 3. The van der Waals surface area contributed by atoms with Gasteiger partial charge in [-0.15, -0.1) is 0 Å². The Morgan fingerprint density at radius 1 is 0.647 bits per heavy atom. The van der Waals surface area contributed by atoms with Crippen molar-refractivity contribution < 1.29 is 62.2 Å². The smallest absolute Gasteiger partial charge is 0.472 e. The second-order valence-electron chi connectivity index (χ2n) is 12.5. The Hall–Kier alpha value is -2.90. The minimum atomic E-state index is -4.77. The van der Waals surface area contributed by atoms with Gasteiger partial charge in [0, 0.05) is 25.3 Å². The lowest BCUT2D eigenvalue weighted by Gasteiger charge is -2.20. The Balaban J connectivity index is 4.50. The molecule has 0 fully saturated rings. The third kappa shape index (κ3) is 32.7. The number of allylic oxidation sites excluding steroid dienone is 3. The maximum absolute atomic E-state index is 12.5. The van der Waals surface area contributed by atoms with Gasteiger partial charge >= 0.3 is 31.7 Å². The molecule has 0 bridgehead atoms. The first-order valence-electron chi connectivity index (χ1n) is 18.4. The molecule has 3 atom stereocenters. The molecule has 0 aromatic rings. The average Bonchev–Trinajstić information content (AvgIpc) is 3.08. The predicted molar refractivity (Wildman–Crippen MR) is 192 cm³/mol. The van der Waals surface area contributed by atoms with Crippen LogP contribution in [0.25, 0.3) is 0 Å². The highest BCUT2D eigenvalue weighted by molar-refractivity contribution is 7.47. The molecule has 0 saturated carbocycles. The predicted octanol–water partition coefficient (Wildman–Crippen LogP) is 6.97. The van der Waals surface area contributed by atoms with E-state index in [4.69, 9.17) is 29.9 Å². The van der Waals surface area contributed by atoms with E-state index in [9.17, 15) is 33.4 Å². The van der Waals surface area contributed by atoms with Crippen LogP contribution in [0.1, 0.15) is 142 Å². The van der Waals surface area contributed by atoms with Crippen LogP contribution in [0.5, 0.6) is 0 Å². The molecule has 0 radical (unpaired) electrons. The van der Waals surface area contributed by atoms with Crippen LogP contribution in [0, 0.1) is 0 Å². The Morgan fingerprint density at radius 3 is 1.69 bits per heavy atom. The molecule has 14 nitrogen and oxygen atoms in total. The van der Waals surface area contributed by atoms with Crippen molar-refractivity contribution in [1.82, 2.24) is 0 Å². The summed E-state index contributed by atoms with van der Waals surface area (Å²) in [7, 11) is -4.77. The molecule has 0 saturated heterocycles. The first kappa shape index (κ1) is 48.1. The van der Waals surface area contributed by atoms with Crippen LogP contribution < -0.4 is 5.73 Å². The first-order chi connectivity index (χ1) is 24.4. The zero-order valence-corrected chi connectivity index (χ0v) is 31.3. The zero-order valence-electron chi connectivity index (χ0n) is 30.4. The van der Waals surface area contributed by atoms with Crippen LogP contribution in [0.15, 0.2) is 24.3 Å². The van der Waals surface area contributed by atoms with Crippen molar-refractivity contribution in [3.8, 4) is 0 Å². The standard InChI is InChI=1S/C36H62NO13P/c1-2-3-4-5-6-7-8-9-10-11-12-13-14-17-20-23-34(41)47-27-31(28-48-51(45,46)49-29-32(37)36(43)44)50-35(42)24-21-18-15-16-19-22-30(38)25-26-33(39)40/h9-10,25-26,31-32H,2-8,11-24,27-29,37H2,1H3,(H,39,40)(H,43,44)(H,45,46)/b10-9-,26-25+/t31-,32+/m1/s1. The van der Waals surface area contributed by atoms with Gasteiger partial charge in [0.25, 0.3) is 0 Å². The molecule has 0 aliphatic carbocycles. The summed E-state index contributed by atoms with van der Waals surface area (Å²) in [6, 6.07) is -1.56. The van der Waals surface area contributed by atoms with E-state index in [2.05, 4.69) is 23.6 Å². The third-order valence-corrected chi connectivity index (χ3v) is 8.70. The summed E-state index contributed by atoms with van der Waals surface area (Å²) < 4.78 is 32.3. The molecule has 0 aromatic carbocycles. The van der Waals surface area contributed by atoms with Crippen molar-refractivity contribution in [3.63, 3.8) is 0 Å². The van der Waals surface area contributed by atoms with E-state index in [1.807, 2.05) is 0 Å². The van der Waals surface area contributed by atoms with E-state index >= 15 is 0 Å². The van der Waals surface area contributed by atoms with E-state index in [0.29, 0.717) is 32.1 Å². The molecule has 0 aliphatic heterocycles. The molecule has 0 spiro atoms. The minimum absolute atomic E-state index is 0.0143. The number of aliphatic carboxylic acids is 2. The van der Waals surface area contributed by atoms with Gasteiger partial charge in [0.2, 0.25) is 0 Å². The van der Waals surface area contributed by atoms with E-state index < -0.39 is 63.7 Å². The normalized spacial score (nSPS) is 13.9. The molecule has 0 aliphatic rings. The lowest BCUT2D eigenvalue weighted by molar-refractivity contribution is -0.161. The van der Waals surface area contributed by atoms with Crippen molar-refractivity contribution >= 4 is 37.5 Å². The quantitative estimate of drug-likeness (QED) is 0.0169. The highest BCUT2D eigenvalue weighted by Gasteiger charge is 2.28. The van der Waals surface area contributed by atoms with Crippen molar-refractivity contribution in [2.45, 2.75) is 154 Å². The van der Waals surface area contributed by atoms with Crippen LogP contribution in [0.4, 0.5) is 0 Å². The number of nitrogens with two attached hydrogens (primary N) is 1. The van der Waals surface area contributed by atoms with Crippen LogP contribution in [-0.2, 0) is 47.1 Å². The van der Waals surface area contributed by atoms with E-state index in [0.717, 1.165) is 57.1 Å². The number of ether oxygens (including phenoxy) is 2. The number of ketones is 1. The highest BCUT2D eigenvalue weighted by Crippen LogP contribution is 2.43. The molecule has 1 unspecified atom stereocenters. The molecule has 0 aromatic heterocycles. The maximum atomic E-state index is 12.5. The van der Waals surface area contributed by atoms with Crippen molar-refractivity contribution in [2.75, 3.05) is 19.8 Å². The molecule has 294 valence electrons. The molecule has 5 N–H and O–H groups in total. The summed E-state index contributed by atoms with van der Waals surface area (Å²) in [6.45, 7) is 0.341. The molecule has 15 heteroatoms. The lowest BCUT2D eigenvalue weighted by atomic mass is 10.1. The number of hydrogen-bond acceptors (Lipinski definition) is 11. The average molecular weight is 748 g/mol. The monoisotopic (exact) mass is 747 g/mol. The van der Waals surface area contributed by atoms with Crippen molar-refractivity contribution in [2.24, 2.45) is 5.73 Å². The topological polar surface area (TPSA) is 226 Å². The number of phosphoric ester groups is 1. The lowest BCUT2D eigenvalue weighted by Crippen LogP contribution is -2.34. The number of hydrogen-bond donors (Lipinski definition) is 4. The van der Waals surface area contributed by atoms with Gasteiger partial charge in [-0.1, -0.05) is 89.7 Å². The number of carboxylic acid groups (broad SMARTS) is 2. The Bertz CT molecular complexity index is 1090. The van der Waals surface area contributed by atoms with Gasteiger partial charge in [0.15, 0.2) is 11.9 Å².